The van der Waals surface area contributed by atoms with E-state index in [2.05, 4.69) is 21.2 Å². The highest BCUT2D eigenvalue weighted by molar-refractivity contribution is 9.10. The van der Waals surface area contributed by atoms with Gasteiger partial charge in [-0.25, -0.2) is 8.42 Å². The number of aryl methyl sites for hydroxylation is 2. The van der Waals surface area contributed by atoms with Crippen LogP contribution < -0.4 is 9.62 Å². The number of carbonyl (C=O) groups excluding carboxylic acids is 2. The third-order valence-corrected chi connectivity index (χ3v) is 9.68. The van der Waals surface area contributed by atoms with Gasteiger partial charge in [0.25, 0.3) is 10.0 Å². The summed E-state index contributed by atoms with van der Waals surface area (Å²) in [5.41, 5.74) is 2.87. The molecule has 1 atom stereocenters. The summed E-state index contributed by atoms with van der Waals surface area (Å²) in [5, 5.41) is 3.09. The molecule has 3 aromatic rings. The van der Waals surface area contributed by atoms with Gasteiger partial charge in [-0.3, -0.25) is 13.9 Å². The summed E-state index contributed by atoms with van der Waals surface area (Å²) in [5.74, 6) is -0.695. The number of anilines is 1. The van der Waals surface area contributed by atoms with E-state index in [4.69, 9.17) is 0 Å². The summed E-state index contributed by atoms with van der Waals surface area (Å²) >= 11 is 3.44. The Bertz CT molecular complexity index is 1440. The fourth-order valence-electron chi connectivity index (χ4n) is 4.98. The quantitative estimate of drug-likeness (QED) is 0.311. The van der Waals surface area contributed by atoms with E-state index in [0.717, 1.165) is 46.8 Å². The van der Waals surface area contributed by atoms with Crippen LogP contribution in [0.1, 0.15) is 49.3 Å². The van der Waals surface area contributed by atoms with Crippen molar-refractivity contribution in [3.8, 4) is 0 Å². The van der Waals surface area contributed by atoms with Gasteiger partial charge in [-0.05, 0) is 80.6 Å². The summed E-state index contributed by atoms with van der Waals surface area (Å²) in [6.45, 7) is 5.13. The number of carbonyl (C=O) groups is 2. The van der Waals surface area contributed by atoms with E-state index >= 15 is 0 Å². The predicted octanol–water partition coefficient (Wildman–Crippen LogP) is 5.74. The summed E-state index contributed by atoms with van der Waals surface area (Å²) in [4.78, 5) is 29.0. The van der Waals surface area contributed by atoms with Crippen molar-refractivity contribution in [1.82, 2.24) is 10.2 Å². The lowest BCUT2D eigenvalue weighted by Gasteiger charge is -2.33. The Balaban J connectivity index is 1.70. The van der Waals surface area contributed by atoms with Gasteiger partial charge < -0.3 is 10.2 Å². The number of sulfonamides is 1. The molecule has 0 radical (unpaired) electrons. The van der Waals surface area contributed by atoms with E-state index in [1.54, 1.807) is 31.2 Å². The van der Waals surface area contributed by atoms with E-state index in [0.29, 0.717) is 5.69 Å². The average molecular weight is 627 g/mol. The van der Waals surface area contributed by atoms with Crippen molar-refractivity contribution >= 4 is 43.5 Å². The molecule has 0 saturated heterocycles. The SMILES string of the molecule is Cc1ccc(C)c(N(CC(=O)N(Cc2ccc(Br)cc2)[C@@H](C)C(=O)NC2CCCC2)S(=O)(=O)c2ccccc2)c1. The first kappa shape index (κ1) is 29.8. The van der Waals surface area contributed by atoms with Gasteiger partial charge in [-0.2, -0.15) is 0 Å². The van der Waals surface area contributed by atoms with E-state index in [-0.39, 0.29) is 23.4 Å². The molecule has 1 saturated carbocycles. The minimum absolute atomic E-state index is 0.0928. The van der Waals surface area contributed by atoms with E-state index < -0.39 is 28.5 Å². The normalized spacial score (nSPS) is 14.5. The summed E-state index contributed by atoms with van der Waals surface area (Å²) in [7, 11) is -4.09. The van der Waals surface area contributed by atoms with Gasteiger partial charge in [0.05, 0.1) is 10.6 Å². The summed E-state index contributed by atoms with van der Waals surface area (Å²) in [6, 6.07) is 20.5. The third kappa shape index (κ3) is 7.12. The number of benzene rings is 3. The van der Waals surface area contributed by atoms with Crippen LogP contribution in [0.5, 0.6) is 0 Å². The summed E-state index contributed by atoms with van der Waals surface area (Å²) < 4.78 is 30.0. The van der Waals surface area contributed by atoms with Crippen LogP contribution in [0.2, 0.25) is 0 Å². The second-order valence-corrected chi connectivity index (χ2v) is 13.2. The molecule has 0 spiro atoms. The number of hydrogen-bond donors (Lipinski definition) is 1. The molecule has 4 rings (SSSR count). The standard InChI is InChI=1S/C31H36BrN3O4S/c1-22-13-14-23(2)29(19-22)35(40(38,39)28-11-5-4-6-12-28)21-30(36)34(20-25-15-17-26(32)18-16-25)24(3)31(37)33-27-9-7-8-10-27/h4-6,11-19,24,27H,7-10,20-21H2,1-3H3,(H,33,37)/t24-/m0/s1. The Labute approximate surface area is 245 Å². The molecule has 0 bridgehead atoms. The van der Waals surface area contributed by atoms with Crippen LogP contribution in [0.25, 0.3) is 0 Å². The Morgan fingerprint density at radius 1 is 0.975 bits per heavy atom. The van der Waals surface area contributed by atoms with Crippen molar-refractivity contribution in [2.45, 2.75) is 70.0 Å². The first-order valence-corrected chi connectivity index (χ1v) is 15.8. The smallest absolute Gasteiger partial charge is 0.264 e. The van der Waals surface area contributed by atoms with Gasteiger partial charge in [0.2, 0.25) is 11.8 Å². The van der Waals surface area contributed by atoms with E-state index in [1.165, 1.54) is 21.3 Å². The number of nitrogens with one attached hydrogen (secondary N) is 1. The Kier molecular flexibility index (Phi) is 9.68. The molecule has 0 aliphatic heterocycles. The molecule has 1 N–H and O–H groups in total. The van der Waals surface area contributed by atoms with Crippen LogP contribution in [0.15, 0.2) is 82.2 Å². The molecule has 0 heterocycles. The first-order chi connectivity index (χ1) is 19.1. The highest BCUT2D eigenvalue weighted by Crippen LogP contribution is 2.28. The maximum atomic E-state index is 14.1. The molecule has 2 amide bonds. The van der Waals surface area contributed by atoms with Crippen molar-refractivity contribution in [3.05, 3.63) is 94.0 Å². The average Bonchev–Trinajstić information content (AvgIpc) is 3.45. The molecule has 212 valence electrons. The van der Waals surface area contributed by atoms with Crippen molar-refractivity contribution < 1.29 is 18.0 Å². The van der Waals surface area contributed by atoms with Gasteiger partial charge in [0.15, 0.2) is 0 Å². The first-order valence-electron chi connectivity index (χ1n) is 13.6. The third-order valence-electron chi connectivity index (χ3n) is 7.38. The molecule has 0 aromatic heterocycles. The minimum atomic E-state index is -4.09. The number of hydrogen-bond acceptors (Lipinski definition) is 4. The van der Waals surface area contributed by atoms with Crippen molar-refractivity contribution in [2.24, 2.45) is 0 Å². The molecule has 0 unspecified atom stereocenters. The van der Waals surface area contributed by atoms with Crippen molar-refractivity contribution in [1.29, 1.82) is 0 Å². The molecular weight excluding hydrogens is 590 g/mol. The highest BCUT2D eigenvalue weighted by Gasteiger charge is 2.33. The zero-order chi connectivity index (χ0) is 28.9. The fraction of sp³-hybridized carbons (Fsp3) is 0.355. The number of nitrogens with zero attached hydrogens (tertiary/aromatic N) is 2. The molecule has 7 nitrogen and oxygen atoms in total. The fourth-order valence-corrected chi connectivity index (χ4v) is 6.74. The molecule has 1 aliphatic rings. The Hall–Kier alpha value is -3.17. The molecule has 3 aromatic carbocycles. The largest absolute Gasteiger partial charge is 0.352 e. The van der Waals surface area contributed by atoms with E-state index in [9.17, 15) is 18.0 Å². The van der Waals surface area contributed by atoms with Crippen LogP contribution in [0, 0.1) is 13.8 Å². The zero-order valence-corrected chi connectivity index (χ0v) is 25.5. The van der Waals surface area contributed by atoms with Crippen LogP contribution >= 0.6 is 15.9 Å². The van der Waals surface area contributed by atoms with Crippen molar-refractivity contribution in [3.63, 3.8) is 0 Å². The topological polar surface area (TPSA) is 86.8 Å². The number of rotatable bonds is 10. The van der Waals surface area contributed by atoms with Gasteiger partial charge in [-0.15, -0.1) is 0 Å². The molecule has 40 heavy (non-hydrogen) atoms. The second-order valence-electron chi connectivity index (χ2n) is 10.4. The lowest BCUT2D eigenvalue weighted by molar-refractivity contribution is -0.139. The Morgan fingerprint density at radius 2 is 1.62 bits per heavy atom. The van der Waals surface area contributed by atoms with Gasteiger partial charge in [0.1, 0.15) is 12.6 Å². The van der Waals surface area contributed by atoms with Gasteiger partial charge in [-0.1, -0.05) is 71.2 Å². The highest BCUT2D eigenvalue weighted by atomic mass is 79.9. The Morgan fingerprint density at radius 3 is 2.27 bits per heavy atom. The van der Waals surface area contributed by atoms with Crippen LogP contribution in [0.3, 0.4) is 0 Å². The monoisotopic (exact) mass is 625 g/mol. The van der Waals surface area contributed by atoms with Crippen LogP contribution in [0.4, 0.5) is 5.69 Å². The molecule has 1 fully saturated rings. The number of halogens is 1. The lowest BCUT2D eigenvalue weighted by Crippen LogP contribution is -2.52. The summed E-state index contributed by atoms with van der Waals surface area (Å²) in [6.07, 6.45) is 4.00. The van der Waals surface area contributed by atoms with Crippen LogP contribution in [-0.4, -0.2) is 43.8 Å². The van der Waals surface area contributed by atoms with Gasteiger partial charge in [0, 0.05) is 17.1 Å². The lowest BCUT2D eigenvalue weighted by atomic mass is 10.1. The number of amides is 2. The van der Waals surface area contributed by atoms with Gasteiger partial charge >= 0.3 is 0 Å². The minimum Gasteiger partial charge on any atom is -0.352 e. The van der Waals surface area contributed by atoms with Crippen molar-refractivity contribution in [2.75, 3.05) is 10.8 Å². The predicted molar refractivity (Wildman–Crippen MR) is 161 cm³/mol. The van der Waals surface area contributed by atoms with E-state index in [1.807, 2.05) is 50.2 Å². The van der Waals surface area contributed by atoms with Crippen LogP contribution in [-0.2, 0) is 26.2 Å². The molecular formula is C31H36BrN3O4S. The second kappa shape index (κ2) is 13.0. The molecule has 9 heteroatoms. The zero-order valence-electron chi connectivity index (χ0n) is 23.1. The molecule has 1 aliphatic carbocycles. The maximum absolute atomic E-state index is 14.1. The maximum Gasteiger partial charge on any atom is 0.264 e.